The van der Waals surface area contributed by atoms with Crippen LogP contribution in [0.15, 0.2) is 12.1 Å². The van der Waals surface area contributed by atoms with Crippen LogP contribution in [0.1, 0.15) is 42.4 Å². The minimum Gasteiger partial charge on any atom is -0.354 e. The minimum absolute atomic E-state index is 0.127. The van der Waals surface area contributed by atoms with Gasteiger partial charge in [0.05, 0.1) is 31.6 Å². The van der Waals surface area contributed by atoms with Crippen molar-refractivity contribution in [2.24, 2.45) is 0 Å². The molecule has 0 radical (unpaired) electrons. The second-order valence-electron chi connectivity index (χ2n) is 7.84. The maximum atomic E-state index is 14.2. The third-order valence-electron chi connectivity index (χ3n) is 6.12. The van der Waals surface area contributed by atoms with E-state index in [4.69, 9.17) is 0 Å². The van der Waals surface area contributed by atoms with Crippen LogP contribution in [0.4, 0.5) is 26.3 Å². The number of rotatable bonds is 2. The summed E-state index contributed by atoms with van der Waals surface area (Å²) in [5, 5.41) is 7.00. The predicted molar refractivity (Wildman–Crippen MR) is 87.9 cm³/mol. The molecule has 1 aromatic carbocycles. The molecule has 1 aliphatic carbocycles. The molecule has 29 heavy (non-hydrogen) atoms. The molecule has 1 aromatic heterocycles. The molecular weight excluding hydrogens is 400 g/mol. The Morgan fingerprint density at radius 1 is 1.03 bits per heavy atom. The Morgan fingerprint density at radius 2 is 1.76 bits per heavy atom. The molecule has 1 fully saturated rings. The summed E-state index contributed by atoms with van der Waals surface area (Å²) in [7, 11) is 0. The van der Waals surface area contributed by atoms with Gasteiger partial charge < -0.3 is 10.6 Å². The number of aromatic nitrogens is 3. The summed E-state index contributed by atoms with van der Waals surface area (Å²) in [6.07, 6.45) is -2.69. The van der Waals surface area contributed by atoms with E-state index in [0.29, 0.717) is 44.2 Å². The lowest BCUT2D eigenvalue weighted by Gasteiger charge is -2.38. The average molecular weight is 421 g/mol. The van der Waals surface area contributed by atoms with Crippen LogP contribution in [0.5, 0.6) is 0 Å². The van der Waals surface area contributed by atoms with E-state index >= 15 is 0 Å². The summed E-state index contributed by atoms with van der Waals surface area (Å²) in [4.78, 5) is 1.09. The van der Waals surface area contributed by atoms with Crippen LogP contribution in [0, 0.1) is 17.5 Å². The standard InChI is InChI=1S/C18H19F6N5/c19-12-7-14(21)13(20)6-11(12)10-2-1-9(5-15(10)25)28-3-4-29-16(8-28)26-27-17(29)18(22,23)24/h6-7,9-10,15H,1-5,8,25H2/p+2/t9-,10+,15-/m0/s1. The lowest BCUT2D eigenvalue weighted by atomic mass is 9.77. The van der Waals surface area contributed by atoms with Crippen molar-refractivity contribution in [1.29, 1.82) is 0 Å². The van der Waals surface area contributed by atoms with E-state index in [1.54, 1.807) is 0 Å². The van der Waals surface area contributed by atoms with Crippen LogP contribution in [0.2, 0.25) is 0 Å². The Kier molecular flexibility index (Phi) is 5.06. The van der Waals surface area contributed by atoms with Crippen LogP contribution in [-0.2, 0) is 19.3 Å². The second kappa shape index (κ2) is 7.28. The first-order valence-corrected chi connectivity index (χ1v) is 9.46. The first kappa shape index (κ1) is 20.1. The molecule has 2 heterocycles. The van der Waals surface area contributed by atoms with Crippen molar-refractivity contribution in [3.8, 4) is 0 Å². The van der Waals surface area contributed by atoms with Gasteiger partial charge in [0, 0.05) is 18.4 Å². The zero-order valence-electron chi connectivity index (χ0n) is 15.4. The number of alkyl halides is 3. The molecule has 0 spiro atoms. The zero-order valence-corrected chi connectivity index (χ0v) is 15.4. The maximum absolute atomic E-state index is 14.2. The number of halogens is 6. The van der Waals surface area contributed by atoms with Gasteiger partial charge in [-0.1, -0.05) is 0 Å². The van der Waals surface area contributed by atoms with E-state index in [9.17, 15) is 26.3 Å². The highest BCUT2D eigenvalue weighted by atomic mass is 19.4. The number of fused-ring (bicyclic) bond motifs is 1. The largest absolute Gasteiger partial charge is 0.451 e. The third kappa shape index (κ3) is 3.73. The fraction of sp³-hybridized carbons (Fsp3) is 0.556. The van der Waals surface area contributed by atoms with Gasteiger partial charge in [-0.05, 0) is 18.1 Å². The Labute approximate surface area is 162 Å². The smallest absolute Gasteiger partial charge is 0.354 e. The van der Waals surface area contributed by atoms with Gasteiger partial charge in [0.15, 0.2) is 17.5 Å². The fourth-order valence-electron chi connectivity index (χ4n) is 4.67. The van der Waals surface area contributed by atoms with Gasteiger partial charge in [-0.2, -0.15) is 13.2 Å². The van der Waals surface area contributed by atoms with E-state index in [-0.39, 0.29) is 30.1 Å². The van der Waals surface area contributed by atoms with Gasteiger partial charge in [-0.15, -0.1) is 10.2 Å². The maximum Gasteiger partial charge on any atom is 0.451 e. The molecule has 1 unspecified atom stereocenters. The number of nitrogens with zero attached hydrogens (tertiary/aromatic N) is 3. The highest BCUT2D eigenvalue weighted by Gasteiger charge is 2.43. The third-order valence-corrected chi connectivity index (χ3v) is 6.12. The quantitative estimate of drug-likeness (QED) is 0.563. The van der Waals surface area contributed by atoms with Crippen molar-refractivity contribution in [2.75, 3.05) is 6.54 Å². The lowest BCUT2D eigenvalue weighted by Crippen LogP contribution is -3.16. The molecule has 11 heteroatoms. The normalized spacial score (nSPS) is 27.7. The van der Waals surface area contributed by atoms with Gasteiger partial charge in [-0.25, -0.2) is 13.2 Å². The van der Waals surface area contributed by atoms with Gasteiger partial charge in [0.2, 0.25) is 5.82 Å². The van der Waals surface area contributed by atoms with Gasteiger partial charge in [0.25, 0.3) is 0 Å². The molecule has 2 aromatic rings. The Hall–Kier alpha value is -2.14. The van der Waals surface area contributed by atoms with Crippen molar-refractivity contribution < 1.29 is 37.0 Å². The number of hydrogen-bond acceptors (Lipinski definition) is 2. The highest BCUT2D eigenvalue weighted by molar-refractivity contribution is 5.25. The molecule has 4 N–H and O–H groups in total. The van der Waals surface area contributed by atoms with Crippen molar-refractivity contribution in [3.05, 3.63) is 46.8 Å². The summed E-state index contributed by atoms with van der Waals surface area (Å²) in [5.74, 6) is -4.09. The molecule has 4 atom stereocenters. The van der Waals surface area contributed by atoms with Crippen LogP contribution < -0.4 is 10.6 Å². The molecule has 0 bridgehead atoms. The van der Waals surface area contributed by atoms with Crippen molar-refractivity contribution >= 4 is 0 Å². The summed E-state index contributed by atoms with van der Waals surface area (Å²) < 4.78 is 81.0. The van der Waals surface area contributed by atoms with Crippen molar-refractivity contribution in [3.63, 3.8) is 0 Å². The van der Waals surface area contributed by atoms with Gasteiger partial charge >= 0.3 is 6.18 Å². The van der Waals surface area contributed by atoms with E-state index < -0.39 is 29.5 Å². The van der Waals surface area contributed by atoms with Gasteiger partial charge in [0.1, 0.15) is 12.4 Å². The topological polar surface area (TPSA) is 62.8 Å². The van der Waals surface area contributed by atoms with E-state index in [1.807, 2.05) is 0 Å². The second-order valence-corrected chi connectivity index (χ2v) is 7.84. The van der Waals surface area contributed by atoms with E-state index in [0.717, 1.165) is 15.5 Å². The van der Waals surface area contributed by atoms with Gasteiger partial charge in [-0.3, -0.25) is 4.57 Å². The fourth-order valence-corrected chi connectivity index (χ4v) is 4.67. The highest BCUT2D eigenvalue weighted by Crippen LogP contribution is 2.33. The molecule has 1 aliphatic heterocycles. The minimum atomic E-state index is -4.53. The first-order valence-electron chi connectivity index (χ1n) is 9.46. The predicted octanol–water partition coefficient (Wildman–Crippen LogP) is 1.06. The first-order chi connectivity index (χ1) is 13.6. The molecule has 4 rings (SSSR count). The molecule has 2 aliphatic rings. The Bertz CT molecular complexity index is 911. The molecular formula is C18H21F6N5+2. The number of nitrogens with one attached hydrogen (secondary N) is 1. The Balaban J connectivity index is 1.46. The van der Waals surface area contributed by atoms with Crippen LogP contribution in [0.25, 0.3) is 0 Å². The lowest BCUT2D eigenvalue weighted by molar-refractivity contribution is -0.945. The van der Waals surface area contributed by atoms with Crippen LogP contribution in [-0.4, -0.2) is 33.4 Å². The van der Waals surface area contributed by atoms with E-state index in [2.05, 4.69) is 15.9 Å². The molecule has 5 nitrogen and oxygen atoms in total. The number of quaternary nitrogens is 2. The average Bonchev–Trinajstić information content (AvgIpc) is 3.08. The summed E-state index contributed by atoms with van der Waals surface area (Å²) in [6, 6.07) is 1.38. The number of hydrogen-bond donors (Lipinski definition) is 2. The summed E-state index contributed by atoms with van der Waals surface area (Å²) >= 11 is 0. The molecule has 0 saturated heterocycles. The molecule has 1 saturated carbocycles. The van der Waals surface area contributed by atoms with Crippen LogP contribution >= 0.6 is 0 Å². The molecule has 0 amide bonds. The van der Waals surface area contributed by atoms with Crippen molar-refractivity contribution in [1.82, 2.24) is 14.8 Å². The summed E-state index contributed by atoms with van der Waals surface area (Å²) in [5.41, 5.74) is 4.23. The van der Waals surface area contributed by atoms with Crippen LogP contribution in [0.3, 0.4) is 0 Å². The molecule has 158 valence electrons. The van der Waals surface area contributed by atoms with E-state index in [1.165, 1.54) is 0 Å². The number of benzene rings is 1. The Morgan fingerprint density at radius 3 is 2.45 bits per heavy atom. The summed E-state index contributed by atoms with van der Waals surface area (Å²) in [6.45, 7) is 0.992. The SMILES string of the molecule is [NH3+][C@H]1C[C@@H]([NH+]2CCn3c(nnc3C(F)(F)F)C2)CC[C@@H]1c1cc(F)c(F)cc1F. The monoisotopic (exact) mass is 421 g/mol. The zero-order chi connectivity index (χ0) is 20.9. The van der Waals surface area contributed by atoms with Crippen molar-refractivity contribution in [2.45, 2.75) is 56.5 Å².